The number of aryl methyl sites for hydroxylation is 2. The Morgan fingerprint density at radius 3 is 2.96 bits per heavy atom. The minimum Gasteiger partial charge on any atom is -0.451 e. The molecule has 0 aliphatic rings. The van der Waals surface area contributed by atoms with Gasteiger partial charge in [0.15, 0.2) is 5.76 Å². The SMILES string of the molecule is Cc1cc2oc(C(=O)Nc3ccnn3Cc3cccs3)c(C)c2cc1Cl. The molecule has 3 aromatic heterocycles. The molecule has 5 nitrogen and oxygen atoms in total. The third-order valence-electron chi connectivity index (χ3n) is 4.27. The summed E-state index contributed by atoms with van der Waals surface area (Å²) in [4.78, 5) is 13.9. The molecular formula is C19H16ClN3O2S. The largest absolute Gasteiger partial charge is 0.451 e. The lowest BCUT2D eigenvalue weighted by Gasteiger charge is -2.07. The van der Waals surface area contributed by atoms with Gasteiger partial charge in [0.2, 0.25) is 0 Å². The number of rotatable bonds is 4. The lowest BCUT2D eigenvalue weighted by molar-refractivity contribution is 0.0997. The third-order valence-corrected chi connectivity index (χ3v) is 5.54. The van der Waals surface area contributed by atoms with Crippen LogP contribution < -0.4 is 5.32 Å². The number of nitrogens with zero attached hydrogens (tertiary/aromatic N) is 2. The van der Waals surface area contributed by atoms with Crippen molar-refractivity contribution in [2.45, 2.75) is 20.4 Å². The van der Waals surface area contributed by atoms with E-state index in [1.54, 1.807) is 28.3 Å². The van der Waals surface area contributed by atoms with Gasteiger partial charge in [-0.1, -0.05) is 17.7 Å². The van der Waals surface area contributed by atoms with Gasteiger partial charge in [0.05, 0.1) is 12.7 Å². The summed E-state index contributed by atoms with van der Waals surface area (Å²) in [6, 6.07) is 9.48. The number of amides is 1. The highest BCUT2D eigenvalue weighted by atomic mass is 35.5. The number of benzene rings is 1. The van der Waals surface area contributed by atoms with Crippen molar-refractivity contribution in [1.82, 2.24) is 9.78 Å². The molecule has 0 atom stereocenters. The zero-order chi connectivity index (χ0) is 18.3. The van der Waals surface area contributed by atoms with Crippen molar-refractivity contribution in [1.29, 1.82) is 0 Å². The number of nitrogens with one attached hydrogen (secondary N) is 1. The maximum absolute atomic E-state index is 12.8. The molecule has 0 aliphatic carbocycles. The van der Waals surface area contributed by atoms with E-state index in [1.165, 1.54) is 0 Å². The lowest BCUT2D eigenvalue weighted by atomic mass is 10.1. The Kier molecular flexibility index (Phi) is 4.30. The highest BCUT2D eigenvalue weighted by Gasteiger charge is 2.20. The monoisotopic (exact) mass is 385 g/mol. The Bertz CT molecular complexity index is 1100. The second-order valence-corrected chi connectivity index (χ2v) is 7.50. The molecule has 0 spiro atoms. The van der Waals surface area contributed by atoms with Gasteiger partial charge in [0, 0.05) is 26.9 Å². The number of anilines is 1. The first-order valence-corrected chi connectivity index (χ1v) is 9.33. The minimum atomic E-state index is -0.305. The van der Waals surface area contributed by atoms with Crippen molar-refractivity contribution >= 4 is 45.6 Å². The molecule has 0 fully saturated rings. The van der Waals surface area contributed by atoms with Gasteiger partial charge in [-0.3, -0.25) is 4.79 Å². The molecule has 4 aromatic rings. The van der Waals surface area contributed by atoms with E-state index in [-0.39, 0.29) is 11.7 Å². The van der Waals surface area contributed by atoms with Crippen molar-refractivity contribution in [3.63, 3.8) is 0 Å². The van der Waals surface area contributed by atoms with E-state index in [4.69, 9.17) is 16.0 Å². The maximum Gasteiger partial charge on any atom is 0.292 e. The van der Waals surface area contributed by atoms with Crippen LogP contribution in [0.3, 0.4) is 0 Å². The van der Waals surface area contributed by atoms with E-state index in [0.29, 0.717) is 23.0 Å². The number of furan rings is 1. The van der Waals surface area contributed by atoms with Crippen LogP contribution in [0.2, 0.25) is 5.02 Å². The molecule has 0 saturated heterocycles. The summed E-state index contributed by atoms with van der Waals surface area (Å²) in [5.41, 5.74) is 2.33. The van der Waals surface area contributed by atoms with E-state index in [0.717, 1.165) is 21.4 Å². The Hall–Kier alpha value is -2.57. The van der Waals surface area contributed by atoms with Crippen molar-refractivity contribution in [3.8, 4) is 0 Å². The second-order valence-electron chi connectivity index (χ2n) is 6.06. The number of thiophene rings is 1. The van der Waals surface area contributed by atoms with Crippen LogP contribution in [0, 0.1) is 13.8 Å². The zero-order valence-electron chi connectivity index (χ0n) is 14.2. The van der Waals surface area contributed by atoms with Crippen molar-refractivity contribution < 1.29 is 9.21 Å². The first-order chi connectivity index (χ1) is 12.5. The van der Waals surface area contributed by atoms with Crippen LogP contribution in [0.5, 0.6) is 0 Å². The molecule has 0 bridgehead atoms. The molecule has 1 amide bonds. The number of hydrogen-bond donors (Lipinski definition) is 1. The van der Waals surface area contributed by atoms with Crippen LogP contribution in [0.1, 0.15) is 26.6 Å². The van der Waals surface area contributed by atoms with Gasteiger partial charge in [0.1, 0.15) is 11.4 Å². The Balaban J connectivity index is 1.62. The molecule has 0 aliphatic heterocycles. The number of halogens is 1. The summed E-state index contributed by atoms with van der Waals surface area (Å²) in [6.07, 6.45) is 1.66. The summed E-state index contributed by atoms with van der Waals surface area (Å²) in [5.74, 6) is 0.600. The fraction of sp³-hybridized carbons (Fsp3) is 0.158. The minimum absolute atomic E-state index is 0.283. The number of aromatic nitrogens is 2. The van der Waals surface area contributed by atoms with Gasteiger partial charge in [-0.25, -0.2) is 4.68 Å². The molecule has 3 heterocycles. The Morgan fingerprint density at radius 1 is 1.35 bits per heavy atom. The summed E-state index contributed by atoms with van der Waals surface area (Å²) in [7, 11) is 0. The molecule has 4 rings (SSSR count). The average molecular weight is 386 g/mol. The van der Waals surface area contributed by atoms with Crippen molar-refractivity contribution in [2.75, 3.05) is 5.32 Å². The smallest absolute Gasteiger partial charge is 0.292 e. The molecule has 7 heteroatoms. The standard InChI is InChI=1S/C19H16ClN3O2S/c1-11-8-16-14(9-15(11)20)12(2)18(25-16)19(24)22-17-5-6-21-23(17)10-13-4-3-7-26-13/h3-9H,10H2,1-2H3,(H,22,24). The fourth-order valence-electron chi connectivity index (χ4n) is 2.85. The van der Waals surface area contributed by atoms with E-state index >= 15 is 0 Å². The Morgan fingerprint density at radius 2 is 2.19 bits per heavy atom. The van der Waals surface area contributed by atoms with Crippen LogP contribution in [0.4, 0.5) is 5.82 Å². The van der Waals surface area contributed by atoms with Crippen LogP contribution >= 0.6 is 22.9 Å². The summed E-state index contributed by atoms with van der Waals surface area (Å²) in [5, 5.41) is 10.7. The predicted molar refractivity (Wildman–Crippen MR) is 104 cm³/mol. The van der Waals surface area contributed by atoms with Gasteiger partial charge >= 0.3 is 0 Å². The second kappa shape index (κ2) is 6.63. The number of carbonyl (C=O) groups is 1. The van der Waals surface area contributed by atoms with Gasteiger partial charge in [-0.2, -0.15) is 5.10 Å². The van der Waals surface area contributed by atoms with Crippen LogP contribution in [0.25, 0.3) is 11.0 Å². The molecule has 26 heavy (non-hydrogen) atoms. The lowest BCUT2D eigenvalue weighted by Crippen LogP contribution is -2.16. The van der Waals surface area contributed by atoms with Crippen molar-refractivity contribution in [2.24, 2.45) is 0 Å². The molecule has 1 aromatic carbocycles. The molecule has 0 saturated carbocycles. The molecular weight excluding hydrogens is 370 g/mol. The third kappa shape index (κ3) is 3.02. The van der Waals surface area contributed by atoms with Crippen LogP contribution in [0.15, 0.2) is 46.3 Å². The number of carbonyl (C=O) groups excluding carboxylic acids is 1. The number of fused-ring (bicyclic) bond motifs is 1. The Labute approximate surface area is 159 Å². The van der Waals surface area contributed by atoms with E-state index in [2.05, 4.69) is 10.4 Å². The van der Waals surface area contributed by atoms with Gasteiger partial charge in [-0.05, 0) is 43.0 Å². The average Bonchev–Trinajstić information content (AvgIpc) is 3.33. The van der Waals surface area contributed by atoms with Gasteiger partial charge < -0.3 is 9.73 Å². The highest BCUT2D eigenvalue weighted by Crippen LogP contribution is 2.30. The summed E-state index contributed by atoms with van der Waals surface area (Å²) < 4.78 is 7.55. The first-order valence-electron chi connectivity index (χ1n) is 8.07. The topological polar surface area (TPSA) is 60.1 Å². The normalized spacial score (nSPS) is 11.2. The van der Waals surface area contributed by atoms with Crippen LogP contribution in [-0.4, -0.2) is 15.7 Å². The predicted octanol–water partition coefficient (Wildman–Crippen LogP) is 5.26. The first kappa shape index (κ1) is 16.9. The summed E-state index contributed by atoms with van der Waals surface area (Å²) in [6.45, 7) is 4.37. The quantitative estimate of drug-likeness (QED) is 0.521. The number of hydrogen-bond acceptors (Lipinski definition) is 4. The van der Waals surface area contributed by atoms with Gasteiger partial charge in [0.25, 0.3) is 5.91 Å². The van der Waals surface area contributed by atoms with E-state index < -0.39 is 0 Å². The molecule has 0 radical (unpaired) electrons. The van der Waals surface area contributed by atoms with E-state index in [1.807, 2.05) is 43.5 Å². The molecule has 132 valence electrons. The highest BCUT2D eigenvalue weighted by molar-refractivity contribution is 7.09. The van der Waals surface area contributed by atoms with Gasteiger partial charge in [-0.15, -0.1) is 11.3 Å². The fourth-order valence-corrected chi connectivity index (χ4v) is 3.70. The summed E-state index contributed by atoms with van der Waals surface area (Å²) >= 11 is 7.85. The van der Waals surface area contributed by atoms with Crippen LogP contribution in [-0.2, 0) is 6.54 Å². The van der Waals surface area contributed by atoms with Crippen molar-refractivity contribution in [3.05, 3.63) is 68.7 Å². The molecule has 0 unspecified atom stereocenters. The zero-order valence-corrected chi connectivity index (χ0v) is 15.8. The molecule has 1 N–H and O–H groups in total. The maximum atomic E-state index is 12.8. The van der Waals surface area contributed by atoms with E-state index in [9.17, 15) is 4.79 Å².